The molecule has 0 bridgehead atoms. The smallest absolute Gasteiger partial charge is 0.335 e. The summed E-state index contributed by atoms with van der Waals surface area (Å²) in [6.07, 6.45) is 1.67. The fourth-order valence-corrected chi connectivity index (χ4v) is 2.18. The normalized spacial score (nSPS) is 10.5. The average molecular weight is 255 g/mol. The highest BCUT2D eigenvalue weighted by Crippen LogP contribution is 2.19. The molecule has 1 N–H and O–H groups in total. The highest BCUT2D eigenvalue weighted by atomic mass is 32.2. The second kappa shape index (κ2) is 7.29. The first-order valence-corrected chi connectivity index (χ1v) is 6.52. The maximum absolute atomic E-state index is 10.9. The summed E-state index contributed by atoms with van der Waals surface area (Å²) in [5.41, 5.74) is 1.13. The molecule has 0 aliphatic carbocycles. The zero-order valence-electron chi connectivity index (χ0n) is 10.1. The van der Waals surface area contributed by atoms with E-state index >= 15 is 0 Å². The summed E-state index contributed by atoms with van der Waals surface area (Å²) in [7, 11) is 1.67. The summed E-state index contributed by atoms with van der Waals surface area (Å²) >= 11 is 1.57. The number of rotatable bonds is 7. The van der Waals surface area contributed by atoms with Crippen molar-refractivity contribution in [2.75, 3.05) is 19.5 Å². The van der Waals surface area contributed by atoms with Crippen molar-refractivity contribution in [3.63, 3.8) is 0 Å². The molecule has 1 heterocycles. The number of aromatic nitrogens is 1. The molecule has 5 heteroatoms. The molecule has 0 radical (unpaired) electrons. The van der Waals surface area contributed by atoms with Gasteiger partial charge in [-0.25, -0.2) is 9.78 Å². The molecule has 0 aliphatic rings. The number of ether oxygens (including phenoxy) is 1. The van der Waals surface area contributed by atoms with Gasteiger partial charge in [0, 0.05) is 25.2 Å². The lowest BCUT2D eigenvalue weighted by Crippen LogP contribution is -2.01. The Bertz CT molecular complexity index is 382. The van der Waals surface area contributed by atoms with Crippen LogP contribution < -0.4 is 0 Å². The Hall–Kier alpha value is -1.07. The van der Waals surface area contributed by atoms with Gasteiger partial charge in [-0.3, -0.25) is 0 Å². The quantitative estimate of drug-likeness (QED) is 0.599. The lowest BCUT2D eigenvalue weighted by molar-refractivity contribution is 0.0696. The molecule has 0 amide bonds. The van der Waals surface area contributed by atoms with Gasteiger partial charge in [-0.2, -0.15) is 0 Å². The van der Waals surface area contributed by atoms with E-state index in [1.54, 1.807) is 31.0 Å². The van der Waals surface area contributed by atoms with Gasteiger partial charge in [-0.15, -0.1) is 11.8 Å². The third kappa shape index (κ3) is 4.75. The first kappa shape index (κ1) is 14.0. The molecule has 4 nitrogen and oxygen atoms in total. The van der Waals surface area contributed by atoms with Crippen LogP contribution >= 0.6 is 11.8 Å². The van der Waals surface area contributed by atoms with Gasteiger partial charge < -0.3 is 9.84 Å². The topological polar surface area (TPSA) is 59.4 Å². The zero-order chi connectivity index (χ0) is 12.7. The molecule has 94 valence electrons. The van der Waals surface area contributed by atoms with E-state index in [0.717, 1.165) is 29.3 Å². The fourth-order valence-electron chi connectivity index (χ4n) is 1.32. The van der Waals surface area contributed by atoms with E-state index in [4.69, 9.17) is 9.84 Å². The monoisotopic (exact) mass is 255 g/mol. The molecule has 0 aromatic carbocycles. The molecule has 0 saturated heterocycles. The molecule has 0 aliphatic heterocycles. The van der Waals surface area contributed by atoms with Crippen molar-refractivity contribution in [2.45, 2.75) is 24.8 Å². The van der Waals surface area contributed by atoms with Crippen molar-refractivity contribution < 1.29 is 14.6 Å². The minimum Gasteiger partial charge on any atom is -0.478 e. The molecule has 17 heavy (non-hydrogen) atoms. The summed E-state index contributed by atoms with van der Waals surface area (Å²) in [5.74, 6) is -0.0200. The summed E-state index contributed by atoms with van der Waals surface area (Å²) < 4.78 is 4.96. The Morgan fingerprint density at radius 3 is 2.88 bits per heavy atom. The largest absolute Gasteiger partial charge is 0.478 e. The predicted molar refractivity (Wildman–Crippen MR) is 67.8 cm³/mol. The number of aromatic carboxylic acids is 1. The van der Waals surface area contributed by atoms with Gasteiger partial charge >= 0.3 is 5.97 Å². The van der Waals surface area contributed by atoms with E-state index in [1.807, 2.05) is 6.92 Å². The summed E-state index contributed by atoms with van der Waals surface area (Å²) in [6, 6.07) is 3.25. The maximum Gasteiger partial charge on any atom is 0.335 e. The van der Waals surface area contributed by atoms with Crippen LogP contribution in [0, 0.1) is 0 Å². The molecule has 0 fully saturated rings. The average Bonchev–Trinajstić information content (AvgIpc) is 2.34. The van der Waals surface area contributed by atoms with Crippen LogP contribution in [0.2, 0.25) is 0 Å². The third-order valence-corrected chi connectivity index (χ3v) is 3.20. The fraction of sp³-hybridized carbons (Fsp3) is 0.500. The minimum atomic E-state index is -0.902. The highest BCUT2D eigenvalue weighted by Gasteiger charge is 2.07. The van der Waals surface area contributed by atoms with E-state index in [1.165, 1.54) is 0 Å². The van der Waals surface area contributed by atoms with Crippen LogP contribution in [0.15, 0.2) is 17.2 Å². The molecule has 0 unspecified atom stereocenters. The van der Waals surface area contributed by atoms with Crippen LogP contribution in [-0.4, -0.2) is 35.5 Å². The van der Waals surface area contributed by atoms with Crippen LogP contribution in [0.4, 0.5) is 0 Å². The number of methoxy groups -OCH3 is 1. The van der Waals surface area contributed by atoms with Gasteiger partial charge in [0.05, 0.1) is 10.6 Å². The van der Waals surface area contributed by atoms with Gasteiger partial charge in [0.2, 0.25) is 0 Å². The molecule has 0 atom stereocenters. The first-order chi connectivity index (χ1) is 8.17. The number of pyridine rings is 1. The number of carbonyl (C=O) groups is 1. The Labute approximate surface area is 105 Å². The summed E-state index contributed by atoms with van der Waals surface area (Å²) in [5, 5.41) is 9.76. The van der Waals surface area contributed by atoms with Crippen molar-refractivity contribution in [1.82, 2.24) is 4.98 Å². The molecular formula is C12H17NO3S. The Balaban J connectivity index is 2.70. The highest BCUT2D eigenvalue weighted by molar-refractivity contribution is 7.99. The lowest BCUT2D eigenvalue weighted by Gasteiger charge is -2.05. The summed E-state index contributed by atoms with van der Waals surface area (Å²) in [4.78, 5) is 15.3. The van der Waals surface area contributed by atoms with Crippen molar-refractivity contribution >= 4 is 17.7 Å². The molecule has 0 spiro atoms. The molecule has 1 aromatic rings. The van der Waals surface area contributed by atoms with E-state index in [9.17, 15) is 4.79 Å². The number of carboxylic acid groups (broad SMARTS) is 1. The Morgan fingerprint density at radius 2 is 2.29 bits per heavy atom. The van der Waals surface area contributed by atoms with Gasteiger partial charge in [0.25, 0.3) is 0 Å². The van der Waals surface area contributed by atoms with Crippen LogP contribution in [0.1, 0.15) is 29.4 Å². The molecular weight excluding hydrogens is 238 g/mol. The van der Waals surface area contributed by atoms with Crippen molar-refractivity contribution in [3.05, 3.63) is 23.4 Å². The van der Waals surface area contributed by atoms with E-state index < -0.39 is 5.97 Å². The minimum absolute atomic E-state index is 0.311. The van der Waals surface area contributed by atoms with E-state index in [-0.39, 0.29) is 0 Å². The standard InChI is InChI=1S/C12H17NO3S/c1-3-10-7-9(12(14)15)8-11(13-10)17-6-4-5-16-2/h7-8H,3-6H2,1-2H3,(H,14,15). The van der Waals surface area contributed by atoms with Gasteiger partial charge in [-0.1, -0.05) is 6.92 Å². The van der Waals surface area contributed by atoms with E-state index in [2.05, 4.69) is 4.98 Å². The predicted octanol–water partition coefficient (Wildman–Crippen LogP) is 2.47. The van der Waals surface area contributed by atoms with Crippen molar-refractivity contribution in [1.29, 1.82) is 0 Å². The van der Waals surface area contributed by atoms with Crippen molar-refractivity contribution in [2.24, 2.45) is 0 Å². The van der Waals surface area contributed by atoms with Crippen LogP contribution in [0.3, 0.4) is 0 Å². The number of aryl methyl sites for hydroxylation is 1. The zero-order valence-corrected chi connectivity index (χ0v) is 10.9. The van der Waals surface area contributed by atoms with Gasteiger partial charge in [0.1, 0.15) is 0 Å². The first-order valence-electron chi connectivity index (χ1n) is 5.53. The Kier molecular flexibility index (Phi) is 6.00. The number of hydrogen-bond donors (Lipinski definition) is 1. The number of carboxylic acids is 1. The van der Waals surface area contributed by atoms with Crippen molar-refractivity contribution in [3.8, 4) is 0 Å². The molecule has 1 rings (SSSR count). The maximum atomic E-state index is 10.9. The second-order valence-electron chi connectivity index (χ2n) is 3.54. The van der Waals surface area contributed by atoms with Crippen LogP contribution in [0.25, 0.3) is 0 Å². The van der Waals surface area contributed by atoms with Crippen LogP contribution in [-0.2, 0) is 11.2 Å². The van der Waals surface area contributed by atoms with E-state index in [0.29, 0.717) is 12.2 Å². The number of hydrogen-bond acceptors (Lipinski definition) is 4. The number of thioether (sulfide) groups is 1. The number of nitrogens with zero attached hydrogens (tertiary/aromatic N) is 1. The SMILES string of the molecule is CCc1cc(C(=O)O)cc(SCCCOC)n1. The third-order valence-electron chi connectivity index (χ3n) is 2.21. The Morgan fingerprint density at radius 1 is 1.53 bits per heavy atom. The van der Waals surface area contributed by atoms with Crippen LogP contribution in [0.5, 0.6) is 0 Å². The summed E-state index contributed by atoms with van der Waals surface area (Å²) in [6.45, 7) is 2.68. The lowest BCUT2D eigenvalue weighted by atomic mass is 10.2. The van der Waals surface area contributed by atoms with Gasteiger partial charge in [0.15, 0.2) is 0 Å². The molecule has 0 saturated carbocycles. The molecule has 1 aromatic heterocycles. The van der Waals surface area contributed by atoms with Gasteiger partial charge in [-0.05, 0) is 25.0 Å². The second-order valence-corrected chi connectivity index (χ2v) is 4.65.